The van der Waals surface area contributed by atoms with E-state index in [1.807, 2.05) is 49.6 Å². The first kappa shape index (κ1) is 18.1. The third kappa shape index (κ3) is 3.11. The second kappa shape index (κ2) is 6.40. The van der Waals surface area contributed by atoms with Gasteiger partial charge in [0.15, 0.2) is 5.82 Å². The van der Waals surface area contributed by atoms with E-state index in [4.69, 9.17) is 0 Å². The molecule has 144 valence electrons. The van der Waals surface area contributed by atoms with E-state index in [-0.39, 0.29) is 11.4 Å². The smallest absolute Gasteiger partial charge is 0.295 e. The number of aromatic amines is 1. The maximum absolute atomic E-state index is 12.8. The maximum atomic E-state index is 12.8. The average molecular weight is 383 g/mol. The van der Waals surface area contributed by atoms with Gasteiger partial charge >= 0.3 is 0 Å². The second-order valence-corrected chi connectivity index (χ2v) is 7.54. The van der Waals surface area contributed by atoms with Gasteiger partial charge in [-0.05, 0) is 51.1 Å². The zero-order chi connectivity index (χ0) is 20.1. The third-order valence-corrected chi connectivity index (χ3v) is 4.43. The summed E-state index contributed by atoms with van der Waals surface area (Å²) in [5.41, 5.74) is 2.47. The predicted molar refractivity (Wildman–Crippen MR) is 104 cm³/mol. The number of nitrogens with one attached hydrogen (secondary N) is 2. The molecule has 1 amide bonds. The fourth-order valence-electron chi connectivity index (χ4n) is 3.24. The third-order valence-electron chi connectivity index (χ3n) is 4.43. The molecular formula is C20H19F2N5O. The van der Waals surface area contributed by atoms with Crippen molar-refractivity contribution in [2.24, 2.45) is 0 Å². The summed E-state index contributed by atoms with van der Waals surface area (Å²) in [7, 11) is 0. The summed E-state index contributed by atoms with van der Waals surface area (Å²) in [6, 6.07) is 12.2. The number of anilines is 1. The van der Waals surface area contributed by atoms with E-state index in [0.29, 0.717) is 22.5 Å². The van der Waals surface area contributed by atoms with Crippen molar-refractivity contribution in [2.75, 3.05) is 5.32 Å². The van der Waals surface area contributed by atoms with Crippen LogP contribution in [0.1, 0.15) is 43.4 Å². The van der Waals surface area contributed by atoms with Crippen LogP contribution in [0.25, 0.3) is 22.1 Å². The zero-order valence-corrected chi connectivity index (χ0v) is 15.6. The highest BCUT2D eigenvalue weighted by Gasteiger charge is 2.23. The van der Waals surface area contributed by atoms with Gasteiger partial charge in [0.05, 0.1) is 22.1 Å². The van der Waals surface area contributed by atoms with Gasteiger partial charge in [-0.1, -0.05) is 12.1 Å². The molecule has 6 nitrogen and oxygen atoms in total. The molecule has 0 fully saturated rings. The largest absolute Gasteiger partial charge is 0.337 e. The normalized spacial score (nSPS) is 12.2. The first-order valence-electron chi connectivity index (χ1n) is 8.81. The van der Waals surface area contributed by atoms with E-state index in [9.17, 15) is 13.6 Å². The number of aromatic nitrogens is 4. The van der Waals surface area contributed by atoms with Crippen LogP contribution in [0.5, 0.6) is 0 Å². The lowest BCUT2D eigenvalue weighted by Crippen LogP contribution is -2.25. The van der Waals surface area contributed by atoms with Crippen LogP contribution in [-0.2, 0) is 5.54 Å². The lowest BCUT2D eigenvalue weighted by molar-refractivity contribution is 0.102. The Kier molecular flexibility index (Phi) is 4.14. The number of carbonyl (C=O) groups is 1. The highest BCUT2D eigenvalue weighted by Crippen LogP contribution is 2.28. The maximum Gasteiger partial charge on any atom is 0.295 e. The van der Waals surface area contributed by atoms with Gasteiger partial charge in [0.2, 0.25) is 5.95 Å². The zero-order valence-electron chi connectivity index (χ0n) is 15.6. The number of nitrogens with zero attached hydrogens (tertiary/aromatic N) is 3. The van der Waals surface area contributed by atoms with Crippen molar-refractivity contribution in [2.45, 2.75) is 32.7 Å². The summed E-state index contributed by atoms with van der Waals surface area (Å²) < 4.78 is 27.6. The minimum absolute atomic E-state index is 0.307. The van der Waals surface area contributed by atoms with Gasteiger partial charge in [-0.3, -0.25) is 10.1 Å². The van der Waals surface area contributed by atoms with Gasteiger partial charge < -0.3 is 9.55 Å². The van der Waals surface area contributed by atoms with Crippen LogP contribution >= 0.6 is 0 Å². The summed E-state index contributed by atoms with van der Waals surface area (Å²) in [6.45, 7) is 6.08. The van der Waals surface area contributed by atoms with Crippen molar-refractivity contribution in [3.8, 4) is 0 Å². The molecule has 4 rings (SSSR count). The Balaban J connectivity index is 1.71. The predicted octanol–water partition coefficient (Wildman–Crippen LogP) is 4.86. The SMILES string of the molecule is CC(C)(C)n1c(NC(=O)c2ccc3nc(C(F)F)[nH]c3c2)nc2ccccc21. The topological polar surface area (TPSA) is 75.6 Å². The minimum atomic E-state index is -2.70. The van der Waals surface area contributed by atoms with Crippen LogP contribution < -0.4 is 5.32 Å². The molecular weight excluding hydrogens is 364 g/mol. The van der Waals surface area contributed by atoms with E-state index < -0.39 is 12.2 Å². The summed E-state index contributed by atoms with van der Waals surface area (Å²) in [4.78, 5) is 23.7. The number of hydrogen-bond acceptors (Lipinski definition) is 3. The quantitative estimate of drug-likeness (QED) is 0.531. The Bertz CT molecular complexity index is 1190. The molecule has 4 aromatic rings. The molecule has 0 aliphatic heterocycles. The van der Waals surface area contributed by atoms with Crippen LogP contribution in [-0.4, -0.2) is 25.4 Å². The number of para-hydroxylation sites is 2. The van der Waals surface area contributed by atoms with Crippen molar-refractivity contribution in [3.63, 3.8) is 0 Å². The molecule has 2 heterocycles. The highest BCUT2D eigenvalue weighted by molar-refractivity contribution is 6.05. The Morgan fingerprint density at radius 3 is 2.57 bits per heavy atom. The average Bonchev–Trinajstić information content (AvgIpc) is 3.21. The van der Waals surface area contributed by atoms with Crippen LogP contribution in [0, 0.1) is 0 Å². The molecule has 2 aromatic heterocycles. The molecule has 0 bridgehead atoms. The number of halogens is 2. The molecule has 0 aliphatic carbocycles. The van der Waals surface area contributed by atoms with Gasteiger partial charge in [-0.2, -0.15) is 0 Å². The van der Waals surface area contributed by atoms with E-state index in [1.54, 1.807) is 12.1 Å². The number of rotatable bonds is 3. The number of fused-ring (bicyclic) bond motifs is 2. The summed E-state index contributed by atoms with van der Waals surface area (Å²) in [5.74, 6) is -0.366. The van der Waals surface area contributed by atoms with E-state index >= 15 is 0 Å². The monoisotopic (exact) mass is 383 g/mol. The lowest BCUT2D eigenvalue weighted by atomic mass is 10.1. The molecule has 28 heavy (non-hydrogen) atoms. The van der Waals surface area contributed by atoms with Crippen molar-refractivity contribution in [1.29, 1.82) is 0 Å². The molecule has 0 aliphatic rings. The molecule has 0 atom stereocenters. The number of imidazole rings is 2. The van der Waals surface area contributed by atoms with Crippen molar-refractivity contribution in [3.05, 3.63) is 53.9 Å². The Labute approximate surface area is 159 Å². The van der Waals surface area contributed by atoms with Gasteiger partial charge in [-0.25, -0.2) is 18.7 Å². The summed E-state index contributed by atoms with van der Waals surface area (Å²) in [5, 5.41) is 2.85. The Hall–Kier alpha value is -3.29. The summed E-state index contributed by atoms with van der Waals surface area (Å²) in [6.07, 6.45) is -2.70. The number of benzene rings is 2. The van der Waals surface area contributed by atoms with E-state index in [0.717, 1.165) is 11.0 Å². The Morgan fingerprint density at radius 1 is 1.11 bits per heavy atom. The standard InChI is InChI=1S/C20H19F2N5O/c1-20(2,3)27-15-7-5-4-6-13(15)25-19(27)26-18(28)11-8-9-12-14(10-11)24-17(23-12)16(21)22/h4-10,16H,1-3H3,(H,23,24)(H,25,26,28). The first-order chi connectivity index (χ1) is 13.2. The van der Waals surface area contributed by atoms with Gasteiger partial charge in [0, 0.05) is 11.1 Å². The van der Waals surface area contributed by atoms with Gasteiger partial charge in [-0.15, -0.1) is 0 Å². The first-order valence-corrected chi connectivity index (χ1v) is 8.81. The second-order valence-electron chi connectivity index (χ2n) is 7.54. The number of amides is 1. The fourth-order valence-corrected chi connectivity index (χ4v) is 3.24. The number of alkyl halides is 2. The molecule has 0 unspecified atom stereocenters. The number of carbonyl (C=O) groups excluding carboxylic acids is 1. The molecule has 0 saturated carbocycles. The molecule has 0 radical (unpaired) electrons. The van der Waals surface area contributed by atoms with Gasteiger partial charge in [0.1, 0.15) is 0 Å². The Morgan fingerprint density at radius 2 is 1.86 bits per heavy atom. The summed E-state index contributed by atoms with van der Waals surface area (Å²) >= 11 is 0. The molecule has 2 aromatic carbocycles. The number of H-pyrrole nitrogens is 1. The highest BCUT2D eigenvalue weighted by atomic mass is 19.3. The van der Waals surface area contributed by atoms with Gasteiger partial charge in [0.25, 0.3) is 12.3 Å². The number of hydrogen-bond donors (Lipinski definition) is 2. The van der Waals surface area contributed by atoms with Crippen LogP contribution in [0.15, 0.2) is 42.5 Å². The van der Waals surface area contributed by atoms with Crippen LogP contribution in [0.3, 0.4) is 0 Å². The van der Waals surface area contributed by atoms with Crippen LogP contribution in [0.2, 0.25) is 0 Å². The molecule has 8 heteroatoms. The van der Waals surface area contributed by atoms with Crippen molar-refractivity contribution in [1.82, 2.24) is 19.5 Å². The van der Waals surface area contributed by atoms with E-state index in [1.165, 1.54) is 6.07 Å². The molecule has 0 saturated heterocycles. The fraction of sp³-hybridized carbons (Fsp3) is 0.250. The molecule has 0 spiro atoms. The van der Waals surface area contributed by atoms with E-state index in [2.05, 4.69) is 20.3 Å². The van der Waals surface area contributed by atoms with Crippen molar-refractivity contribution < 1.29 is 13.6 Å². The van der Waals surface area contributed by atoms with Crippen molar-refractivity contribution >= 4 is 33.9 Å². The van der Waals surface area contributed by atoms with Crippen LogP contribution in [0.4, 0.5) is 14.7 Å². The lowest BCUT2D eigenvalue weighted by Gasteiger charge is -2.24. The minimum Gasteiger partial charge on any atom is -0.337 e. The molecule has 2 N–H and O–H groups in total.